The van der Waals surface area contributed by atoms with Crippen molar-refractivity contribution in [1.29, 1.82) is 0 Å². The number of amides is 2. The Bertz CT molecular complexity index is 526. The molecule has 0 aromatic rings. The molecule has 1 aliphatic carbocycles. The lowest BCUT2D eigenvalue weighted by Gasteiger charge is -2.60. The van der Waals surface area contributed by atoms with E-state index in [-0.39, 0.29) is 17.9 Å². The molecule has 6 nitrogen and oxygen atoms in total. The summed E-state index contributed by atoms with van der Waals surface area (Å²) in [4.78, 5) is 32.0. The molecule has 2 unspecified atom stereocenters. The Morgan fingerprint density at radius 1 is 1.21 bits per heavy atom. The summed E-state index contributed by atoms with van der Waals surface area (Å²) in [5.74, 6) is -0.101. The van der Waals surface area contributed by atoms with E-state index in [0.29, 0.717) is 25.6 Å². The molecular weight excluding hydrogens is 306 g/mol. The van der Waals surface area contributed by atoms with Crippen LogP contribution in [-0.2, 0) is 9.59 Å². The van der Waals surface area contributed by atoms with E-state index in [2.05, 4.69) is 11.8 Å². The van der Waals surface area contributed by atoms with Crippen LogP contribution in [0.5, 0.6) is 0 Å². The molecule has 24 heavy (non-hydrogen) atoms. The lowest BCUT2D eigenvalue weighted by atomic mass is 9.81. The van der Waals surface area contributed by atoms with Gasteiger partial charge in [0.15, 0.2) is 0 Å². The molecule has 1 N–H and O–H groups in total. The first-order chi connectivity index (χ1) is 11.6. The zero-order valence-corrected chi connectivity index (χ0v) is 14.6. The van der Waals surface area contributed by atoms with Gasteiger partial charge in [0, 0.05) is 32.2 Å². The minimum Gasteiger partial charge on any atom is -0.392 e. The number of β-amino-alcohol motifs (C(OH)–C–C–N with tert-alkyl or cyclic N) is 1. The van der Waals surface area contributed by atoms with Gasteiger partial charge < -0.3 is 5.11 Å². The van der Waals surface area contributed by atoms with Crippen molar-refractivity contribution in [3.8, 4) is 0 Å². The van der Waals surface area contributed by atoms with Crippen molar-refractivity contribution in [2.75, 3.05) is 26.2 Å². The van der Waals surface area contributed by atoms with Crippen molar-refractivity contribution in [3.05, 3.63) is 0 Å². The van der Waals surface area contributed by atoms with Gasteiger partial charge in [-0.25, -0.2) is 0 Å². The van der Waals surface area contributed by atoms with E-state index in [1.807, 2.05) is 4.90 Å². The topological polar surface area (TPSA) is 64.1 Å². The molecule has 1 saturated carbocycles. The maximum atomic E-state index is 13.2. The van der Waals surface area contributed by atoms with Crippen LogP contribution in [0.3, 0.4) is 0 Å². The van der Waals surface area contributed by atoms with Gasteiger partial charge in [0.1, 0.15) is 5.54 Å². The van der Waals surface area contributed by atoms with Crippen LogP contribution in [0.2, 0.25) is 0 Å². The van der Waals surface area contributed by atoms with Crippen LogP contribution in [0.15, 0.2) is 0 Å². The van der Waals surface area contributed by atoms with Crippen molar-refractivity contribution in [3.63, 3.8) is 0 Å². The van der Waals surface area contributed by atoms with E-state index in [9.17, 15) is 14.7 Å². The minimum absolute atomic E-state index is 0.0134. The number of piperazine rings is 1. The predicted molar refractivity (Wildman–Crippen MR) is 89.3 cm³/mol. The van der Waals surface area contributed by atoms with E-state index in [1.165, 1.54) is 30.6 Å². The lowest BCUT2D eigenvalue weighted by Crippen LogP contribution is -2.82. The minimum atomic E-state index is -0.563. The van der Waals surface area contributed by atoms with Crippen LogP contribution >= 0.6 is 0 Å². The molecule has 3 saturated heterocycles. The fourth-order valence-electron chi connectivity index (χ4n) is 5.17. The third-order valence-corrected chi connectivity index (χ3v) is 6.53. The molecule has 0 bridgehead atoms. The number of unbranched alkanes of at least 4 members (excludes halogenated alkanes) is 1. The second kappa shape index (κ2) is 6.07. The van der Waals surface area contributed by atoms with E-state index >= 15 is 0 Å². The fraction of sp³-hybridized carbons (Fsp3) is 0.889. The Balaban J connectivity index is 1.57. The monoisotopic (exact) mass is 335 g/mol. The molecule has 4 fully saturated rings. The summed E-state index contributed by atoms with van der Waals surface area (Å²) in [6.07, 6.45) is 6.84. The maximum absolute atomic E-state index is 13.2. The van der Waals surface area contributed by atoms with Crippen LogP contribution in [0, 0.1) is 0 Å². The van der Waals surface area contributed by atoms with E-state index in [0.717, 1.165) is 25.9 Å². The van der Waals surface area contributed by atoms with Crippen LogP contribution in [0.25, 0.3) is 0 Å². The van der Waals surface area contributed by atoms with E-state index < -0.39 is 11.6 Å². The maximum Gasteiger partial charge on any atom is 0.252 e. The molecule has 4 aliphatic rings. The second-order valence-electron chi connectivity index (χ2n) is 8.08. The summed E-state index contributed by atoms with van der Waals surface area (Å²) in [7, 11) is 0. The highest BCUT2D eigenvalue weighted by molar-refractivity contribution is 6.06. The molecule has 4 rings (SSSR count). The zero-order chi connectivity index (χ0) is 16.9. The highest BCUT2D eigenvalue weighted by atomic mass is 16.3. The van der Waals surface area contributed by atoms with Gasteiger partial charge in [0.2, 0.25) is 5.91 Å². The summed E-state index contributed by atoms with van der Waals surface area (Å²) in [5.41, 5.74) is -0.563. The quantitative estimate of drug-likeness (QED) is 0.762. The molecule has 134 valence electrons. The average molecular weight is 335 g/mol. The molecule has 2 amide bonds. The van der Waals surface area contributed by atoms with Crippen molar-refractivity contribution < 1.29 is 14.7 Å². The van der Waals surface area contributed by atoms with Gasteiger partial charge in [-0.3, -0.25) is 24.3 Å². The number of hydrogen-bond acceptors (Lipinski definition) is 5. The number of nitrogens with zero attached hydrogens (tertiary/aromatic N) is 3. The summed E-state index contributed by atoms with van der Waals surface area (Å²) in [6.45, 7) is 4.53. The SMILES string of the molecule is CCCCN1C(=O)C2CC(O)CN2C2(CN(C3CCCC3)C2)C1=O. The van der Waals surface area contributed by atoms with Crippen LogP contribution in [0.4, 0.5) is 0 Å². The Hall–Kier alpha value is -0.980. The molecule has 3 heterocycles. The van der Waals surface area contributed by atoms with Crippen molar-refractivity contribution >= 4 is 11.8 Å². The number of hydrogen-bond donors (Lipinski definition) is 1. The first-order valence-electron chi connectivity index (χ1n) is 9.61. The molecular formula is C18H29N3O3. The number of likely N-dealkylation sites (tertiary alicyclic amines) is 1. The van der Waals surface area contributed by atoms with Crippen LogP contribution in [0.1, 0.15) is 51.9 Å². The fourth-order valence-corrected chi connectivity index (χ4v) is 5.17. The van der Waals surface area contributed by atoms with Gasteiger partial charge in [0.05, 0.1) is 12.1 Å². The third-order valence-electron chi connectivity index (χ3n) is 6.53. The normalized spacial score (nSPS) is 34.2. The number of carbonyl (C=O) groups excluding carboxylic acids is 2. The van der Waals surface area contributed by atoms with Gasteiger partial charge in [-0.15, -0.1) is 0 Å². The summed E-state index contributed by atoms with van der Waals surface area (Å²) in [5, 5.41) is 10.1. The largest absolute Gasteiger partial charge is 0.392 e. The third kappa shape index (κ3) is 2.34. The molecule has 1 spiro atoms. The Labute approximate surface area is 143 Å². The van der Waals surface area contributed by atoms with Crippen molar-refractivity contribution in [2.24, 2.45) is 0 Å². The Morgan fingerprint density at radius 2 is 1.92 bits per heavy atom. The van der Waals surface area contributed by atoms with Gasteiger partial charge in [-0.2, -0.15) is 0 Å². The predicted octanol–water partition coefficient (Wildman–Crippen LogP) is 0.587. The Morgan fingerprint density at radius 3 is 2.58 bits per heavy atom. The first-order valence-corrected chi connectivity index (χ1v) is 9.61. The average Bonchev–Trinajstić information content (AvgIpc) is 3.16. The molecule has 2 atom stereocenters. The van der Waals surface area contributed by atoms with Gasteiger partial charge >= 0.3 is 0 Å². The first kappa shape index (κ1) is 16.5. The molecule has 0 radical (unpaired) electrons. The smallest absolute Gasteiger partial charge is 0.252 e. The van der Waals surface area contributed by atoms with Crippen molar-refractivity contribution in [1.82, 2.24) is 14.7 Å². The Kier molecular flexibility index (Phi) is 4.17. The lowest BCUT2D eigenvalue weighted by molar-refractivity contribution is -0.182. The van der Waals surface area contributed by atoms with E-state index in [1.54, 1.807) is 0 Å². The standard InChI is InChI=1S/C18H29N3O3/c1-2-3-8-20-16(23)15-9-14(22)10-21(15)18(17(20)24)11-19(12-18)13-6-4-5-7-13/h13-15,22H,2-12H2,1H3. The molecule has 3 aliphatic heterocycles. The van der Waals surface area contributed by atoms with Crippen molar-refractivity contribution in [2.45, 2.75) is 75.6 Å². The van der Waals surface area contributed by atoms with Crippen LogP contribution in [-0.4, -0.2) is 81.5 Å². The summed E-state index contributed by atoms with van der Waals surface area (Å²) >= 11 is 0. The second-order valence-corrected chi connectivity index (χ2v) is 8.08. The van der Waals surface area contributed by atoms with Gasteiger partial charge in [0.25, 0.3) is 5.91 Å². The number of aliphatic hydroxyl groups is 1. The number of carbonyl (C=O) groups is 2. The van der Waals surface area contributed by atoms with Crippen LogP contribution < -0.4 is 0 Å². The van der Waals surface area contributed by atoms with Gasteiger partial charge in [-0.1, -0.05) is 26.2 Å². The van der Waals surface area contributed by atoms with E-state index in [4.69, 9.17) is 0 Å². The number of rotatable bonds is 4. The number of fused-ring (bicyclic) bond motifs is 2. The highest BCUT2D eigenvalue weighted by Gasteiger charge is 2.64. The number of aliphatic hydroxyl groups excluding tert-OH is 1. The molecule has 6 heteroatoms. The highest BCUT2D eigenvalue weighted by Crippen LogP contribution is 2.42. The molecule has 0 aromatic heterocycles. The zero-order valence-electron chi connectivity index (χ0n) is 14.6. The number of imide groups is 1. The molecule has 0 aromatic carbocycles. The summed E-state index contributed by atoms with van der Waals surface area (Å²) < 4.78 is 0. The summed E-state index contributed by atoms with van der Waals surface area (Å²) in [6, 6.07) is 0.302. The van der Waals surface area contributed by atoms with Gasteiger partial charge in [-0.05, 0) is 25.7 Å².